The van der Waals surface area contributed by atoms with Crippen LogP contribution in [-0.4, -0.2) is 4.98 Å². The molecule has 0 spiro atoms. The molecular weight excluding hydrogens is 172 g/mol. The van der Waals surface area contributed by atoms with Crippen molar-refractivity contribution in [3.8, 4) is 0 Å². The van der Waals surface area contributed by atoms with E-state index in [4.69, 9.17) is 5.73 Å². The first-order valence-corrected chi connectivity index (χ1v) is 5.27. The van der Waals surface area contributed by atoms with Crippen LogP contribution in [-0.2, 0) is 19.4 Å². The highest BCUT2D eigenvalue weighted by Gasteiger charge is 2.25. The van der Waals surface area contributed by atoms with Crippen molar-refractivity contribution in [2.24, 2.45) is 11.1 Å². The molecule has 0 bridgehead atoms. The number of nitrogens with zero attached hydrogens (tertiary/aromatic N) is 1. The van der Waals surface area contributed by atoms with Gasteiger partial charge < -0.3 is 5.73 Å². The zero-order valence-electron chi connectivity index (χ0n) is 9.01. The molecule has 0 fully saturated rings. The predicted molar refractivity (Wildman–Crippen MR) is 57.9 cm³/mol. The van der Waals surface area contributed by atoms with Crippen LogP contribution in [0.4, 0.5) is 0 Å². The Hall–Kier alpha value is -0.890. The molecule has 76 valence electrons. The lowest BCUT2D eigenvalue weighted by molar-refractivity contribution is 0.312. The highest BCUT2D eigenvalue weighted by Crippen LogP contribution is 2.33. The van der Waals surface area contributed by atoms with Crippen molar-refractivity contribution >= 4 is 0 Å². The largest absolute Gasteiger partial charge is 0.326 e. The zero-order valence-corrected chi connectivity index (χ0v) is 9.01. The number of fused-ring (bicyclic) bond motifs is 1. The molecule has 2 heteroatoms. The number of pyridine rings is 1. The second-order valence-electron chi connectivity index (χ2n) is 4.99. The second-order valence-corrected chi connectivity index (χ2v) is 4.99. The molecule has 0 radical (unpaired) electrons. The van der Waals surface area contributed by atoms with Gasteiger partial charge in [-0.15, -0.1) is 0 Å². The number of hydrogen-bond acceptors (Lipinski definition) is 2. The Morgan fingerprint density at radius 1 is 1.50 bits per heavy atom. The van der Waals surface area contributed by atoms with Crippen molar-refractivity contribution in [1.29, 1.82) is 0 Å². The fourth-order valence-electron chi connectivity index (χ4n) is 2.14. The smallest absolute Gasteiger partial charge is 0.0436 e. The maximum absolute atomic E-state index is 5.61. The van der Waals surface area contributed by atoms with E-state index in [1.807, 2.05) is 6.20 Å². The standard InChI is InChI=1S/C12H18N2/c1-12(2)4-3-11-10(6-12)5-9(7-13)8-14-11/h5,8H,3-4,6-7,13H2,1-2H3. The summed E-state index contributed by atoms with van der Waals surface area (Å²) in [6, 6.07) is 2.23. The maximum atomic E-state index is 5.61. The molecule has 1 heterocycles. The van der Waals surface area contributed by atoms with Crippen molar-refractivity contribution in [2.45, 2.75) is 39.7 Å². The molecule has 2 nitrogen and oxygen atoms in total. The third-order valence-corrected chi connectivity index (χ3v) is 3.06. The van der Waals surface area contributed by atoms with Crippen LogP contribution < -0.4 is 5.73 Å². The fourth-order valence-corrected chi connectivity index (χ4v) is 2.14. The summed E-state index contributed by atoms with van der Waals surface area (Å²) in [6.07, 6.45) is 5.42. The monoisotopic (exact) mass is 190 g/mol. The minimum absolute atomic E-state index is 0.432. The minimum Gasteiger partial charge on any atom is -0.326 e. The molecule has 0 aliphatic heterocycles. The van der Waals surface area contributed by atoms with Crippen LogP contribution in [0.15, 0.2) is 12.3 Å². The summed E-state index contributed by atoms with van der Waals surface area (Å²) >= 11 is 0. The van der Waals surface area contributed by atoms with Crippen LogP contribution in [0.1, 0.15) is 37.1 Å². The number of hydrogen-bond donors (Lipinski definition) is 1. The summed E-state index contributed by atoms with van der Waals surface area (Å²) in [5.41, 5.74) is 9.88. The zero-order chi connectivity index (χ0) is 10.2. The Kier molecular flexibility index (Phi) is 2.31. The average molecular weight is 190 g/mol. The first-order valence-electron chi connectivity index (χ1n) is 5.27. The highest BCUT2D eigenvalue weighted by atomic mass is 14.7. The Bertz CT molecular complexity index is 342. The lowest BCUT2D eigenvalue weighted by Crippen LogP contribution is -2.23. The Labute approximate surface area is 85.5 Å². The van der Waals surface area contributed by atoms with Crippen molar-refractivity contribution < 1.29 is 0 Å². The van der Waals surface area contributed by atoms with Crippen molar-refractivity contribution in [1.82, 2.24) is 4.98 Å². The molecule has 0 atom stereocenters. The molecule has 2 N–H and O–H groups in total. The van der Waals surface area contributed by atoms with Crippen LogP contribution in [0, 0.1) is 5.41 Å². The van der Waals surface area contributed by atoms with Gasteiger partial charge in [0.25, 0.3) is 0 Å². The first kappa shape index (κ1) is 9.66. The first-order chi connectivity index (χ1) is 6.61. The molecule has 0 unspecified atom stereocenters. The molecule has 14 heavy (non-hydrogen) atoms. The number of rotatable bonds is 1. The van der Waals surface area contributed by atoms with Crippen molar-refractivity contribution in [3.05, 3.63) is 29.1 Å². The van der Waals surface area contributed by atoms with Crippen LogP contribution in [0.3, 0.4) is 0 Å². The molecular formula is C12H18N2. The van der Waals surface area contributed by atoms with Crippen LogP contribution >= 0.6 is 0 Å². The van der Waals surface area contributed by atoms with E-state index in [9.17, 15) is 0 Å². The van der Waals surface area contributed by atoms with Crippen LogP contribution in [0.5, 0.6) is 0 Å². The lowest BCUT2D eigenvalue weighted by Gasteiger charge is -2.30. The second kappa shape index (κ2) is 3.35. The summed E-state index contributed by atoms with van der Waals surface area (Å²) in [5.74, 6) is 0. The molecule has 1 aliphatic carbocycles. The van der Waals surface area contributed by atoms with Gasteiger partial charge in [-0.05, 0) is 35.8 Å². The van der Waals surface area contributed by atoms with Gasteiger partial charge >= 0.3 is 0 Å². The average Bonchev–Trinajstić information content (AvgIpc) is 2.15. The fraction of sp³-hybridized carbons (Fsp3) is 0.583. The normalized spacial score (nSPS) is 19.1. The maximum Gasteiger partial charge on any atom is 0.0436 e. The van der Waals surface area contributed by atoms with Gasteiger partial charge in [0.05, 0.1) is 0 Å². The minimum atomic E-state index is 0.432. The molecule has 0 aromatic carbocycles. The van der Waals surface area contributed by atoms with Gasteiger partial charge in [0.15, 0.2) is 0 Å². The predicted octanol–water partition coefficient (Wildman–Crippen LogP) is 2.06. The SMILES string of the molecule is CC1(C)CCc2ncc(CN)cc2C1. The van der Waals surface area contributed by atoms with E-state index >= 15 is 0 Å². The lowest BCUT2D eigenvalue weighted by atomic mass is 9.76. The van der Waals surface area contributed by atoms with Crippen LogP contribution in [0.25, 0.3) is 0 Å². The highest BCUT2D eigenvalue weighted by molar-refractivity contribution is 5.28. The van der Waals surface area contributed by atoms with Gasteiger partial charge in [-0.3, -0.25) is 4.98 Å². The van der Waals surface area contributed by atoms with E-state index in [-0.39, 0.29) is 0 Å². The number of nitrogens with two attached hydrogens (primary N) is 1. The molecule has 1 aliphatic rings. The van der Waals surface area contributed by atoms with Crippen molar-refractivity contribution in [3.63, 3.8) is 0 Å². The van der Waals surface area contributed by atoms with Gasteiger partial charge in [0.2, 0.25) is 0 Å². The van der Waals surface area contributed by atoms with E-state index in [0.717, 1.165) is 18.4 Å². The van der Waals surface area contributed by atoms with Crippen molar-refractivity contribution in [2.75, 3.05) is 0 Å². The van der Waals surface area contributed by atoms with Gasteiger partial charge in [-0.1, -0.05) is 19.9 Å². The molecule has 0 saturated heterocycles. The summed E-state index contributed by atoms with van der Waals surface area (Å²) in [6.45, 7) is 5.25. The summed E-state index contributed by atoms with van der Waals surface area (Å²) in [4.78, 5) is 4.48. The van der Waals surface area contributed by atoms with E-state index in [0.29, 0.717) is 12.0 Å². The molecule has 2 rings (SSSR count). The molecule has 1 aromatic rings. The molecule has 0 amide bonds. The Balaban J connectivity index is 2.34. The molecule has 0 saturated carbocycles. The Morgan fingerprint density at radius 2 is 2.29 bits per heavy atom. The third-order valence-electron chi connectivity index (χ3n) is 3.06. The summed E-state index contributed by atoms with van der Waals surface area (Å²) < 4.78 is 0. The van der Waals surface area contributed by atoms with E-state index in [2.05, 4.69) is 24.9 Å². The van der Waals surface area contributed by atoms with Gasteiger partial charge in [0, 0.05) is 18.4 Å². The van der Waals surface area contributed by atoms with Crippen LogP contribution in [0.2, 0.25) is 0 Å². The third kappa shape index (κ3) is 1.80. The van der Waals surface area contributed by atoms with E-state index in [1.165, 1.54) is 17.7 Å². The van der Waals surface area contributed by atoms with Gasteiger partial charge in [-0.25, -0.2) is 0 Å². The summed E-state index contributed by atoms with van der Waals surface area (Å²) in [5, 5.41) is 0. The summed E-state index contributed by atoms with van der Waals surface area (Å²) in [7, 11) is 0. The van der Waals surface area contributed by atoms with Gasteiger partial charge in [-0.2, -0.15) is 0 Å². The number of aromatic nitrogens is 1. The Morgan fingerprint density at radius 3 is 3.00 bits per heavy atom. The van der Waals surface area contributed by atoms with E-state index < -0.39 is 0 Å². The topological polar surface area (TPSA) is 38.9 Å². The molecule has 1 aromatic heterocycles. The number of aryl methyl sites for hydroxylation is 1. The quantitative estimate of drug-likeness (QED) is 0.736. The van der Waals surface area contributed by atoms with E-state index in [1.54, 1.807) is 0 Å². The van der Waals surface area contributed by atoms with Gasteiger partial charge in [0.1, 0.15) is 0 Å².